The highest BCUT2D eigenvalue weighted by Crippen LogP contribution is 2.16. The lowest BCUT2D eigenvalue weighted by Crippen LogP contribution is -2.26. The fraction of sp³-hybridized carbons (Fsp3) is 0.625. The van der Waals surface area contributed by atoms with Gasteiger partial charge in [0.15, 0.2) is 0 Å². The van der Waals surface area contributed by atoms with Gasteiger partial charge in [-0.2, -0.15) is 0 Å². The largest absolute Gasteiger partial charge is 0.358 e. The topological polar surface area (TPSA) is 3.24 Å². The Kier molecular flexibility index (Phi) is 5.60. The summed E-state index contributed by atoms with van der Waals surface area (Å²) in [6.07, 6.45) is 0. The molecule has 0 aliphatic heterocycles. The molecule has 1 nitrogen and oxygen atoms in total. The smallest absolute Gasteiger partial charge is 0.140 e. The van der Waals surface area contributed by atoms with Gasteiger partial charge in [-0.15, -0.1) is 0 Å². The minimum absolute atomic E-state index is 0.933. The van der Waals surface area contributed by atoms with Crippen LogP contribution in [0.4, 0.5) is 0 Å². The summed E-state index contributed by atoms with van der Waals surface area (Å²) < 4.78 is 0.933. The van der Waals surface area contributed by atoms with Gasteiger partial charge in [0.05, 0.1) is 0 Å². The molecule has 0 rings (SSSR count). The van der Waals surface area contributed by atoms with Crippen molar-refractivity contribution in [3.63, 3.8) is 0 Å². The second kappa shape index (κ2) is 5.61. The van der Waals surface area contributed by atoms with Crippen LogP contribution >= 0.6 is 24.0 Å². The van der Waals surface area contributed by atoms with E-state index in [2.05, 4.69) is 25.3 Å². The van der Waals surface area contributed by atoms with Crippen molar-refractivity contribution in [1.29, 1.82) is 0 Å². The number of hydrogen-bond acceptors (Lipinski definition) is 2. The van der Waals surface area contributed by atoms with Crippen LogP contribution in [-0.2, 0) is 0 Å². The Morgan fingerprint density at radius 3 is 2.18 bits per heavy atom. The van der Waals surface area contributed by atoms with E-state index in [9.17, 15) is 0 Å². The predicted octanol–water partition coefficient (Wildman–Crippen LogP) is 2.88. The molecule has 0 atom stereocenters. The average molecular weight is 189 g/mol. The maximum atomic E-state index is 5.18. The number of rotatable bonds is 3. The summed E-state index contributed by atoms with van der Waals surface area (Å²) in [6, 6.07) is 0. The Morgan fingerprint density at radius 1 is 1.45 bits per heavy atom. The highest BCUT2D eigenvalue weighted by molar-refractivity contribution is 8.25. The van der Waals surface area contributed by atoms with Crippen molar-refractivity contribution in [3.05, 3.63) is 11.5 Å². The van der Waals surface area contributed by atoms with E-state index >= 15 is 0 Å². The maximum absolute atomic E-state index is 5.18. The zero-order chi connectivity index (χ0) is 8.85. The second-order valence-electron chi connectivity index (χ2n) is 2.24. The molecule has 0 aromatic rings. The molecule has 0 aromatic heterocycles. The van der Waals surface area contributed by atoms with Gasteiger partial charge in [-0.1, -0.05) is 30.6 Å². The molecule has 0 saturated heterocycles. The molecule has 0 spiro atoms. The summed E-state index contributed by atoms with van der Waals surface area (Å²) >= 11 is 6.75. The van der Waals surface area contributed by atoms with Crippen LogP contribution in [0.1, 0.15) is 20.8 Å². The van der Waals surface area contributed by atoms with Crippen LogP contribution in [-0.4, -0.2) is 22.3 Å². The first-order chi connectivity index (χ1) is 5.11. The number of hydrogen-bond donors (Lipinski definition) is 0. The van der Waals surface area contributed by atoms with E-state index in [0.29, 0.717) is 0 Å². The van der Waals surface area contributed by atoms with Gasteiger partial charge in [-0.25, -0.2) is 0 Å². The first-order valence-corrected chi connectivity index (χ1v) is 4.96. The molecule has 0 aromatic carbocycles. The molecule has 3 heteroatoms. The molecule has 11 heavy (non-hydrogen) atoms. The summed E-state index contributed by atoms with van der Waals surface area (Å²) in [6.45, 7) is 11.9. The Balaban J connectivity index is 3.89. The molecule has 0 radical (unpaired) electrons. The molecule has 0 aliphatic carbocycles. The summed E-state index contributed by atoms with van der Waals surface area (Å²) in [5.74, 6) is 0. The molecule has 0 saturated carbocycles. The molecule has 0 unspecified atom stereocenters. The summed E-state index contributed by atoms with van der Waals surface area (Å²) in [7, 11) is 0. The Labute approximate surface area is 78.8 Å². The van der Waals surface area contributed by atoms with Gasteiger partial charge in [-0.05, 0) is 25.7 Å². The fourth-order valence-corrected chi connectivity index (χ4v) is 2.07. The van der Waals surface area contributed by atoms with Gasteiger partial charge >= 0.3 is 0 Å². The monoisotopic (exact) mass is 189 g/mol. The number of thioether (sulfide) groups is 1. The van der Waals surface area contributed by atoms with Crippen LogP contribution in [0.3, 0.4) is 0 Å². The third kappa shape index (κ3) is 4.43. The molecule has 0 amide bonds. The number of thiocarbonyl (C=S) groups is 1. The van der Waals surface area contributed by atoms with E-state index in [4.69, 9.17) is 12.2 Å². The minimum atomic E-state index is 0.933. The van der Waals surface area contributed by atoms with Gasteiger partial charge < -0.3 is 4.90 Å². The lowest BCUT2D eigenvalue weighted by Gasteiger charge is -2.20. The van der Waals surface area contributed by atoms with E-state index in [0.717, 1.165) is 22.3 Å². The van der Waals surface area contributed by atoms with Crippen molar-refractivity contribution in [2.75, 3.05) is 13.1 Å². The Hall–Kier alpha value is -0.0200. The van der Waals surface area contributed by atoms with Crippen LogP contribution < -0.4 is 0 Å². The van der Waals surface area contributed by atoms with Gasteiger partial charge in [0.25, 0.3) is 0 Å². The van der Waals surface area contributed by atoms with Crippen molar-refractivity contribution >= 4 is 28.3 Å². The lowest BCUT2D eigenvalue weighted by atomic mass is 10.6. The van der Waals surface area contributed by atoms with Gasteiger partial charge in [0.1, 0.15) is 4.32 Å². The average Bonchev–Trinajstić information content (AvgIpc) is 1.88. The van der Waals surface area contributed by atoms with Crippen molar-refractivity contribution < 1.29 is 0 Å². The molecule has 0 fully saturated rings. The predicted molar refractivity (Wildman–Crippen MR) is 57.9 cm³/mol. The van der Waals surface area contributed by atoms with Crippen molar-refractivity contribution in [2.24, 2.45) is 0 Å². The summed E-state index contributed by atoms with van der Waals surface area (Å²) in [5.41, 5.74) is 0. The SMILES string of the molecule is C=C(C)SC(=S)N(CC)CC. The third-order valence-electron chi connectivity index (χ3n) is 1.28. The van der Waals surface area contributed by atoms with Crippen molar-refractivity contribution in [3.8, 4) is 0 Å². The molecule has 64 valence electrons. The van der Waals surface area contributed by atoms with Crippen LogP contribution in [0.2, 0.25) is 0 Å². The third-order valence-corrected chi connectivity index (χ3v) is 2.57. The van der Waals surface area contributed by atoms with E-state index in [1.165, 1.54) is 0 Å². The zero-order valence-corrected chi connectivity index (χ0v) is 9.02. The summed E-state index contributed by atoms with van der Waals surface area (Å²) in [4.78, 5) is 3.20. The van der Waals surface area contributed by atoms with Crippen LogP contribution in [0.25, 0.3) is 0 Å². The van der Waals surface area contributed by atoms with Gasteiger partial charge in [0, 0.05) is 13.1 Å². The molecule has 0 aliphatic rings. The first-order valence-electron chi connectivity index (χ1n) is 3.74. The first kappa shape index (κ1) is 11.0. The maximum Gasteiger partial charge on any atom is 0.140 e. The molecular weight excluding hydrogens is 174 g/mol. The summed E-state index contributed by atoms with van der Waals surface area (Å²) in [5, 5.41) is 0. The highest BCUT2D eigenvalue weighted by Gasteiger charge is 2.04. The quantitative estimate of drug-likeness (QED) is 0.629. The molecule has 0 heterocycles. The standard InChI is InChI=1S/C8H15NS2/c1-5-9(6-2)8(10)11-7(3)4/h3,5-6H2,1-2,4H3. The molecule has 0 bridgehead atoms. The lowest BCUT2D eigenvalue weighted by molar-refractivity contribution is 0.482. The van der Waals surface area contributed by atoms with Crippen LogP contribution in [0.15, 0.2) is 11.5 Å². The van der Waals surface area contributed by atoms with E-state index in [1.54, 1.807) is 11.8 Å². The van der Waals surface area contributed by atoms with E-state index in [1.807, 2.05) is 6.92 Å². The molecular formula is C8H15NS2. The van der Waals surface area contributed by atoms with Gasteiger partial charge in [0.2, 0.25) is 0 Å². The number of allylic oxidation sites excluding steroid dienone is 1. The molecule has 0 N–H and O–H groups in total. The van der Waals surface area contributed by atoms with E-state index < -0.39 is 0 Å². The normalized spacial score (nSPS) is 9.36. The Morgan fingerprint density at radius 2 is 1.91 bits per heavy atom. The zero-order valence-electron chi connectivity index (χ0n) is 7.39. The minimum Gasteiger partial charge on any atom is -0.358 e. The number of nitrogens with zero attached hydrogens (tertiary/aromatic N) is 1. The van der Waals surface area contributed by atoms with Crippen LogP contribution in [0, 0.1) is 0 Å². The fourth-order valence-electron chi connectivity index (χ4n) is 0.695. The Bertz CT molecular complexity index is 150. The van der Waals surface area contributed by atoms with Crippen molar-refractivity contribution in [1.82, 2.24) is 4.90 Å². The highest BCUT2D eigenvalue weighted by atomic mass is 32.2. The van der Waals surface area contributed by atoms with Gasteiger partial charge in [-0.3, -0.25) is 0 Å². The van der Waals surface area contributed by atoms with Crippen LogP contribution in [0.5, 0.6) is 0 Å². The van der Waals surface area contributed by atoms with E-state index in [-0.39, 0.29) is 0 Å². The second-order valence-corrected chi connectivity index (χ2v) is 4.18. The van der Waals surface area contributed by atoms with Crippen molar-refractivity contribution in [2.45, 2.75) is 20.8 Å².